The van der Waals surface area contributed by atoms with Gasteiger partial charge in [-0.25, -0.2) is 0 Å². The molecule has 1 aliphatic rings. The lowest BCUT2D eigenvalue weighted by Crippen LogP contribution is -2.36. The van der Waals surface area contributed by atoms with Crippen molar-refractivity contribution in [3.63, 3.8) is 0 Å². The fourth-order valence-corrected chi connectivity index (χ4v) is 4.02. The fraction of sp³-hybridized carbons (Fsp3) is 0.261. The van der Waals surface area contributed by atoms with Gasteiger partial charge >= 0.3 is 0 Å². The second-order valence-corrected chi connectivity index (χ2v) is 7.90. The first kappa shape index (κ1) is 18.6. The molecule has 1 aliphatic carbocycles. The van der Waals surface area contributed by atoms with Gasteiger partial charge in [-0.3, -0.25) is 4.90 Å². The maximum atomic E-state index is 10.5. The van der Waals surface area contributed by atoms with Gasteiger partial charge in [0.15, 0.2) is 5.11 Å². The Morgan fingerprint density at radius 1 is 1.25 bits per heavy atom. The molecule has 144 valence electrons. The van der Waals surface area contributed by atoms with Gasteiger partial charge in [-0.15, -0.1) is 0 Å². The van der Waals surface area contributed by atoms with Crippen molar-refractivity contribution in [2.75, 3.05) is 11.9 Å². The number of aromatic hydroxyl groups is 1. The fourth-order valence-electron chi connectivity index (χ4n) is 3.80. The molecule has 4 nitrogen and oxygen atoms in total. The molecule has 0 atom stereocenters. The van der Waals surface area contributed by atoms with Crippen molar-refractivity contribution in [3.8, 4) is 5.75 Å². The summed E-state index contributed by atoms with van der Waals surface area (Å²) in [6.07, 6.45) is 4.54. The molecule has 2 aromatic carbocycles. The van der Waals surface area contributed by atoms with Crippen molar-refractivity contribution in [1.82, 2.24) is 9.88 Å². The van der Waals surface area contributed by atoms with Crippen LogP contribution in [0.1, 0.15) is 35.4 Å². The Labute approximate surface area is 171 Å². The van der Waals surface area contributed by atoms with Crippen LogP contribution in [-0.2, 0) is 7.05 Å². The van der Waals surface area contributed by atoms with Crippen LogP contribution in [0.25, 0.3) is 16.6 Å². The van der Waals surface area contributed by atoms with Gasteiger partial charge in [-0.1, -0.05) is 12.6 Å². The second-order valence-electron chi connectivity index (χ2n) is 7.51. The second kappa shape index (κ2) is 6.99. The number of nitrogens with one attached hydrogen (secondary N) is 1. The summed E-state index contributed by atoms with van der Waals surface area (Å²) >= 11 is 5.60. The third-order valence-electron chi connectivity index (χ3n) is 5.50. The zero-order chi connectivity index (χ0) is 20.0. The number of hydrogen-bond acceptors (Lipinski definition) is 2. The van der Waals surface area contributed by atoms with Gasteiger partial charge in [0.25, 0.3) is 0 Å². The monoisotopic (exact) mass is 391 g/mol. The summed E-state index contributed by atoms with van der Waals surface area (Å²) in [6, 6.07) is 12.1. The van der Waals surface area contributed by atoms with Gasteiger partial charge in [0.2, 0.25) is 0 Å². The van der Waals surface area contributed by atoms with Crippen LogP contribution < -0.4 is 10.2 Å². The molecule has 1 aromatic heterocycles. The van der Waals surface area contributed by atoms with Crippen LogP contribution in [0.4, 0.5) is 5.69 Å². The predicted molar refractivity (Wildman–Crippen MR) is 121 cm³/mol. The van der Waals surface area contributed by atoms with Gasteiger partial charge < -0.3 is 15.0 Å². The van der Waals surface area contributed by atoms with E-state index in [0.29, 0.717) is 22.3 Å². The normalized spacial score (nSPS) is 13.5. The van der Waals surface area contributed by atoms with E-state index in [1.54, 1.807) is 13.1 Å². The summed E-state index contributed by atoms with van der Waals surface area (Å²) in [7, 11) is 3.85. The molecule has 3 aromatic rings. The highest BCUT2D eigenvalue weighted by Gasteiger charge is 2.26. The van der Waals surface area contributed by atoms with Crippen molar-refractivity contribution in [2.24, 2.45) is 7.05 Å². The maximum Gasteiger partial charge on any atom is 0.177 e. The van der Waals surface area contributed by atoms with Crippen molar-refractivity contribution in [3.05, 3.63) is 65.9 Å². The average Bonchev–Trinajstić information content (AvgIpc) is 3.49. The zero-order valence-electron chi connectivity index (χ0n) is 16.5. The lowest BCUT2D eigenvalue weighted by molar-refractivity contribution is 0.473. The summed E-state index contributed by atoms with van der Waals surface area (Å²) in [4.78, 5) is 1.90. The lowest BCUT2D eigenvalue weighted by Gasteiger charge is -2.28. The smallest absolute Gasteiger partial charge is 0.177 e. The highest BCUT2D eigenvalue weighted by molar-refractivity contribution is 7.80. The number of anilines is 1. The van der Waals surface area contributed by atoms with E-state index in [9.17, 15) is 5.11 Å². The summed E-state index contributed by atoms with van der Waals surface area (Å²) in [5, 5.41) is 15.3. The Hall–Kier alpha value is -2.79. The Bertz CT molecular complexity index is 1090. The molecule has 0 radical (unpaired) electrons. The van der Waals surface area contributed by atoms with Crippen LogP contribution >= 0.6 is 12.2 Å². The van der Waals surface area contributed by atoms with Crippen LogP contribution in [-0.4, -0.2) is 21.8 Å². The molecule has 1 saturated carbocycles. The van der Waals surface area contributed by atoms with Gasteiger partial charge in [0.1, 0.15) is 5.75 Å². The van der Waals surface area contributed by atoms with Crippen LogP contribution in [0.5, 0.6) is 5.75 Å². The average molecular weight is 392 g/mol. The highest BCUT2D eigenvalue weighted by atomic mass is 32.1. The minimum atomic E-state index is 0.218. The zero-order valence-corrected chi connectivity index (χ0v) is 17.3. The Balaban J connectivity index is 1.80. The van der Waals surface area contributed by atoms with E-state index < -0.39 is 0 Å². The molecule has 28 heavy (non-hydrogen) atoms. The molecule has 1 fully saturated rings. The van der Waals surface area contributed by atoms with Crippen LogP contribution in [0.15, 0.2) is 49.2 Å². The number of fused-ring (bicyclic) bond motifs is 1. The third-order valence-corrected chi connectivity index (χ3v) is 5.88. The minimum Gasteiger partial charge on any atom is -0.507 e. The van der Waals surface area contributed by atoms with Gasteiger partial charge in [-0.2, -0.15) is 0 Å². The predicted octanol–water partition coefficient (Wildman–Crippen LogP) is 5.05. The van der Waals surface area contributed by atoms with Crippen molar-refractivity contribution in [1.29, 1.82) is 0 Å². The summed E-state index contributed by atoms with van der Waals surface area (Å²) in [5.74, 6) is 0.815. The quantitative estimate of drug-likeness (QED) is 0.611. The van der Waals surface area contributed by atoms with Gasteiger partial charge in [0, 0.05) is 42.4 Å². The first-order chi connectivity index (χ1) is 13.4. The van der Waals surface area contributed by atoms with E-state index in [2.05, 4.69) is 41.7 Å². The van der Waals surface area contributed by atoms with Gasteiger partial charge in [-0.05, 0) is 79.4 Å². The molecule has 2 N–H and O–H groups in total. The number of phenols is 1. The molecule has 1 heterocycles. The van der Waals surface area contributed by atoms with E-state index in [0.717, 1.165) is 5.69 Å². The lowest BCUT2D eigenvalue weighted by atomic mass is 10.0. The molecule has 5 heteroatoms. The van der Waals surface area contributed by atoms with Crippen LogP contribution in [0, 0.1) is 6.92 Å². The molecule has 0 amide bonds. The molecule has 4 rings (SSSR count). The molecule has 0 saturated heterocycles. The first-order valence-corrected chi connectivity index (χ1v) is 9.91. The number of benzene rings is 2. The number of rotatable bonds is 4. The molecular weight excluding hydrogens is 366 g/mol. The van der Waals surface area contributed by atoms with Crippen molar-refractivity contribution in [2.45, 2.75) is 25.7 Å². The van der Waals surface area contributed by atoms with E-state index in [1.165, 1.54) is 34.9 Å². The summed E-state index contributed by atoms with van der Waals surface area (Å²) < 4.78 is 2.12. The number of thiocarbonyl (C=S) groups is 1. The van der Waals surface area contributed by atoms with Crippen LogP contribution in [0.2, 0.25) is 0 Å². The highest BCUT2D eigenvalue weighted by Crippen LogP contribution is 2.42. The van der Waals surface area contributed by atoms with Crippen LogP contribution in [0.3, 0.4) is 0 Å². The standard InChI is InChI=1S/C23H25N3OS/c1-14-13-25(4)21-9-8-18(12-19(14)21)26(23(28)24-3)15(2)20-11-17(16-5-6-16)7-10-22(20)27/h7-13,16,27H,2,5-6H2,1,3-4H3,(H,24,28). The molecule has 0 spiro atoms. The summed E-state index contributed by atoms with van der Waals surface area (Å²) in [6.45, 7) is 6.40. The topological polar surface area (TPSA) is 40.4 Å². The Morgan fingerprint density at radius 3 is 2.68 bits per heavy atom. The Kier molecular flexibility index (Phi) is 4.63. The SMILES string of the molecule is C=C(c1cc(C2CC2)ccc1O)N(C(=S)NC)c1ccc2c(c1)c(C)cn2C. The molecule has 0 bridgehead atoms. The van der Waals surface area contributed by atoms with Crippen molar-refractivity contribution >= 4 is 39.6 Å². The number of hydrogen-bond donors (Lipinski definition) is 2. The summed E-state index contributed by atoms with van der Waals surface area (Å²) in [5.41, 5.74) is 5.92. The number of phenolic OH excluding ortho intramolecular Hbond substituents is 1. The first-order valence-electron chi connectivity index (χ1n) is 9.50. The van der Waals surface area contributed by atoms with Gasteiger partial charge in [0.05, 0.1) is 5.70 Å². The largest absolute Gasteiger partial charge is 0.507 e. The Morgan fingerprint density at radius 2 is 2.00 bits per heavy atom. The minimum absolute atomic E-state index is 0.218. The van der Waals surface area contributed by atoms with E-state index in [4.69, 9.17) is 12.2 Å². The molecule has 0 unspecified atom stereocenters. The molecular formula is C23H25N3OS. The van der Waals surface area contributed by atoms with Crippen molar-refractivity contribution < 1.29 is 5.11 Å². The number of aromatic nitrogens is 1. The van der Waals surface area contributed by atoms with E-state index >= 15 is 0 Å². The molecule has 0 aliphatic heterocycles. The number of nitrogens with zero attached hydrogens (tertiary/aromatic N) is 2. The van der Waals surface area contributed by atoms with E-state index in [-0.39, 0.29) is 5.75 Å². The third kappa shape index (κ3) is 3.16. The number of aryl methyl sites for hydroxylation is 2. The van der Waals surface area contributed by atoms with E-state index in [1.807, 2.05) is 30.1 Å². The maximum absolute atomic E-state index is 10.5.